The fourth-order valence-corrected chi connectivity index (χ4v) is 2.10. The number of carboxylic acid groups (broad SMARTS) is 1. The van der Waals surface area contributed by atoms with Crippen LogP contribution in [0, 0.1) is 0 Å². The molecule has 2 aliphatic rings. The first-order chi connectivity index (χ1) is 9.41. The van der Waals surface area contributed by atoms with Crippen LogP contribution in [0.4, 0.5) is 0 Å². The number of carbonyl (C=O) groups is 5. The molecule has 4 amide bonds. The molecule has 8 nitrogen and oxygen atoms in total. The van der Waals surface area contributed by atoms with Gasteiger partial charge in [0.05, 0.1) is 0 Å². The number of hydrogen-bond donors (Lipinski definition) is 1. The van der Waals surface area contributed by atoms with Crippen LogP contribution in [-0.2, 0) is 24.0 Å². The smallest absolute Gasteiger partial charge is 0.303 e. The molecule has 0 spiro atoms. The summed E-state index contributed by atoms with van der Waals surface area (Å²) >= 11 is 0. The Morgan fingerprint density at radius 1 is 1.15 bits per heavy atom. The van der Waals surface area contributed by atoms with Crippen LogP contribution in [0.1, 0.15) is 25.7 Å². The van der Waals surface area contributed by atoms with E-state index in [2.05, 4.69) is 0 Å². The molecule has 20 heavy (non-hydrogen) atoms. The van der Waals surface area contributed by atoms with E-state index >= 15 is 0 Å². The minimum atomic E-state index is -1.03. The van der Waals surface area contributed by atoms with Gasteiger partial charge in [-0.2, -0.15) is 0 Å². The van der Waals surface area contributed by atoms with Crippen LogP contribution < -0.4 is 0 Å². The lowest BCUT2D eigenvalue weighted by atomic mass is 10.3. The average molecular weight is 280 g/mol. The predicted octanol–water partition coefficient (Wildman–Crippen LogP) is -0.747. The predicted molar refractivity (Wildman–Crippen MR) is 62.8 cm³/mol. The fraction of sp³-hybridized carbons (Fsp3) is 0.417. The van der Waals surface area contributed by atoms with Crippen molar-refractivity contribution in [2.75, 3.05) is 6.54 Å². The maximum absolute atomic E-state index is 12.0. The lowest BCUT2D eigenvalue weighted by Crippen LogP contribution is -2.37. The zero-order valence-corrected chi connectivity index (χ0v) is 10.5. The van der Waals surface area contributed by atoms with Crippen molar-refractivity contribution >= 4 is 29.6 Å². The van der Waals surface area contributed by atoms with Gasteiger partial charge in [-0.1, -0.05) is 0 Å². The second-order valence-electron chi connectivity index (χ2n) is 4.44. The third kappa shape index (κ3) is 2.44. The normalized spacial score (nSPS) is 19.1. The molecule has 2 aliphatic heterocycles. The molecule has 106 valence electrons. The van der Waals surface area contributed by atoms with Gasteiger partial charge in [0.15, 0.2) is 0 Å². The topological polar surface area (TPSA) is 112 Å². The molecule has 0 aliphatic carbocycles. The Balaban J connectivity index is 2.07. The van der Waals surface area contributed by atoms with E-state index in [1.165, 1.54) is 0 Å². The van der Waals surface area contributed by atoms with Crippen molar-refractivity contribution in [3.8, 4) is 0 Å². The molecule has 8 heteroatoms. The Kier molecular flexibility index (Phi) is 3.64. The van der Waals surface area contributed by atoms with E-state index in [0.717, 1.165) is 15.9 Å². The zero-order chi connectivity index (χ0) is 14.9. The first kappa shape index (κ1) is 13.9. The molecule has 0 bridgehead atoms. The standard InChI is InChI=1S/C12H12N2O6/c15-8-3-4-9(16)14(8)7-6-10(17)13(12(7)20)5-1-2-11(18)19/h6H,1-5H2,(H,18,19). The molecular weight excluding hydrogens is 268 g/mol. The first-order valence-corrected chi connectivity index (χ1v) is 6.07. The molecule has 1 saturated heterocycles. The molecule has 0 saturated carbocycles. The Morgan fingerprint density at radius 3 is 2.30 bits per heavy atom. The van der Waals surface area contributed by atoms with Crippen LogP contribution in [-0.4, -0.2) is 51.0 Å². The maximum Gasteiger partial charge on any atom is 0.303 e. The molecule has 0 atom stereocenters. The summed E-state index contributed by atoms with van der Waals surface area (Å²) in [6.45, 7) is -0.0554. The van der Waals surface area contributed by atoms with Crippen LogP contribution in [0.25, 0.3) is 0 Å². The molecule has 1 fully saturated rings. The number of carboxylic acids is 1. The summed E-state index contributed by atoms with van der Waals surface area (Å²) in [6.07, 6.45) is 0.946. The molecule has 0 unspecified atom stereocenters. The van der Waals surface area contributed by atoms with Crippen molar-refractivity contribution in [2.24, 2.45) is 0 Å². The van der Waals surface area contributed by atoms with Crippen molar-refractivity contribution < 1.29 is 29.1 Å². The number of hydrogen-bond acceptors (Lipinski definition) is 5. The Bertz CT molecular complexity index is 534. The van der Waals surface area contributed by atoms with Crippen molar-refractivity contribution in [3.63, 3.8) is 0 Å². The molecular formula is C12H12N2O6. The van der Waals surface area contributed by atoms with Crippen LogP contribution in [0.3, 0.4) is 0 Å². The number of aliphatic carboxylic acids is 1. The zero-order valence-electron chi connectivity index (χ0n) is 10.5. The second-order valence-corrected chi connectivity index (χ2v) is 4.44. The maximum atomic E-state index is 12.0. The van der Waals surface area contributed by atoms with E-state index in [0.29, 0.717) is 0 Å². The van der Waals surface area contributed by atoms with Gasteiger partial charge >= 0.3 is 5.97 Å². The van der Waals surface area contributed by atoms with Gasteiger partial charge < -0.3 is 5.11 Å². The first-order valence-electron chi connectivity index (χ1n) is 6.07. The molecule has 1 N–H and O–H groups in total. The summed E-state index contributed by atoms with van der Waals surface area (Å²) in [5.41, 5.74) is -0.238. The van der Waals surface area contributed by atoms with E-state index < -0.39 is 29.6 Å². The van der Waals surface area contributed by atoms with Crippen LogP contribution in [0.2, 0.25) is 0 Å². The number of nitrogens with zero attached hydrogens (tertiary/aromatic N) is 2. The van der Waals surface area contributed by atoms with E-state index in [-0.39, 0.29) is 37.9 Å². The molecule has 2 heterocycles. The molecule has 0 aromatic heterocycles. The van der Waals surface area contributed by atoms with E-state index in [4.69, 9.17) is 5.11 Å². The number of imide groups is 2. The SMILES string of the molecule is O=C(O)CCCN1C(=O)C=C(N2C(=O)CCC2=O)C1=O. The molecule has 0 aromatic carbocycles. The van der Waals surface area contributed by atoms with E-state index in [1.807, 2.05) is 0 Å². The van der Waals surface area contributed by atoms with Gasteiger partial charge in [-0.3, -0.25) is 28.9 Å². The van der Waals surface area contributed by atoms with Gasteiger partial charge in [0.25, 0.3) is 11.8 Å². The minimum Gasteiger partial charge on any atom is -0.481 e. The number of likely N-dealkylation sites (tertiary alicyclic amines) is 1. The summed E-state index contributed by atoms with van der Waals surface area (Å²) in [6, 6.07) is 0. The highest BCUT2D eigenvalue weighted by molar-refractivity contribution is 6.20. The lowest BCUT2D eigenvalue weighted by Gasteiger charge is -2.17. The fourth-order valence-electron chi connectivity index (χ4n) is 2.10. The quantitative estimate of drug-likeness (QED) is 0.663. The summed E-state index contributed by atoms with van der Waals surface area (Å²) in [4.78, 5) is 58.7. The minimum absolute atomic E-state index is 0.0245. The highest BCUT2D eigenvalue weighted by atomic mass is 16.4. The van der Waals surface area contributed by atoms with E-state index in [9.17, 15) is 24.0 Å². The molecule has 2 rings (SSSR count). The molecule has 0 radical (unpaired) electrons. The third-order valence-corrected chi connectivity index (χ3v) is 3.06. The van der Waals surface area contributed by atoms with Gasteiger partial charge in [0.1, 0.15) is 5.70 Å². The Hall–Kier alpha value is -2.51. The van der Waals surface area contributed by atoms with Crippen molar-refractivity contribution in [3.05, 3.63) is 11.8 Å². The van der Waals surface area contributed by atoms with Crippen LogP contribution >= 0.6 is 0 Å². The average Bonchev–Trinajstić information content (AvgIpc) is 2.82. The largest absolute Gasteiger partial charge is 0.481 e. The summed E-state index contributed by atoms with van der Waals surface area (Å²) in [5, 5.41) is 8.51. The van der Waals surface area contributed by atoms with E-state index in [1.54, 1.807) is 0 Å². The van der Waals surface area contributed by atoms with Crippen LogP contribution in [0.5, 0.6) is 0 Å². The van der Waals surface area contributed by atoms with Gasteiger partial charge in [-0.25, -0.2) is 4.90 Å². The number of rotatable bonds is 5. The second kappa shape index (κ2) is 5.24. The number of carbonyl (C=O) groups excluding carboxylic acids is 4. The van der Waals surface area contributed by atoms with Gasteiger partial charge in [0, 0.05) is 31.9 Å². The van der Waals surface area contributed by atoms with Crippen molar-refractivity contribution in [1.82, 2.24) is 9.80 Å². The molecule has 0 aromatic rings. The highest BCUT2D eigenvalue weighted by Crippen LogP contribution is 2.23. The highest BCUT2D eigenvalue weighted by Gasteiger charge is 2.41. The lowest BCUT2D eigenvalue weighted by molar-refractivity contribution is -0.143. The van der Waals surface area contributed by atoms with Gasteiger partial charge in [0.2, 0.25) is 11.8 Å². The Labute approximate surface area is 113 Å². The Morgan fingerprint density at radius 2 is 1.75 bits per heavy atom. The van der Waals surface area contributed by atoms with Gasteiger partial charge in [-0.05, 0) is 6.42 Å². The number of amides is 4. The summed E-state index contributed by atoms with van der Waals surface area (Å²) < 4.78 is 0. The van der Waals surface area contributed by atoms with Gasteiger partial charge in [-0.15, -0.1) is 0 Å². The summed E-state index contributed by atoms with van der Waals surface area (Å²) in [7, 11) is 0. The van der Waals surface area contributed by atoms with Crippen molar-refractivity contribution in [1.29, 1.82) is 0 Å². The van der Waals surface area contributed by atoms with Crippen molar-refractivity contribution in [2.45, 2.75) is 25.7 Å². The van der Waals surface area contributed by atoms with Crippen LogP contribution in [0.15, 0.2) is 11.8 Å². The third-order valence-electron chi connectivity index (χ3n) is 3.06. The monoisotopic (exact) mass is 280 g/mol. The summed E-state index contributed by atoms with van der Waals surface area (Å²) in [5.74, 6) is -3.40.